The van der Waals surface area contributed by atoms with Crippen LogP contribution in [0, 0.1) is 6.92 Å². The zero-order valence-electron chi connectivity index (χ0n) is 16.8. The van der Waals surface area contributed by atoms with Crippen molar-refractivity contribution in [1.82, 2.24) is 20.4 Å². The van der Waals surface area contributed by atoms with E-state index in [0.29, 0.717) is 10.3 Å². The number of hydrogen-bond donors (Lipinski definition) is 2. The molecule has 0 spiro atoms. The highest BCUT2D eigenvalue weighted by Gasteiger charge is 2.25. The van der Waals surface area contributed by atoms with Crippen LogP contribution < -0.4 is 15.5 Å². The number of aromatic nitrogens is 4. The van der Waals surface area contributed by atoms with Crippen LogP contribution in [-0.2, 0) is 9.53 Å². The molecule has 0 radical (unpaired) electrons. The van der Waals surface area contributed by atoms with E-state index in [2.05, 4.69) is 35.9 Å². The fraction of sp³-hybridized carbons (Fsp3) is 0.350. The lowest BCUT2D eigenvalue weighted by atomic mass is 10.1. The second kappa shape index (κ2) is 9.14. The molecule has 3 aromatic rings. The van der Waals surface area contributed by atoms with Gasteiger partial charge in [-0.2, -0.15) is 5.10 Å². The number of aryl methyl sites for hydroxylation is 1. The Bertz CT molecular complexity index is 998. The Hall–Kier alpha value is -3.11. The Labute approximate surface area is 178 Å². The molecule has 0 bridgehead atoms. The lowest BCUT2D eigenvalue weighted by Crippen LogP contribution is -2.26. The summed E-state index contributed by atoms with van der Waals surface area (Å²) in [6, 6.07) is 11.6. The number of anilines is 3. The van der Waals surface area contributed by atoms with Crippen molar-refractivity contribution in [3.05, 3.63) is 53.7 Å². The van der Waals surface area contributed by atoms with Crippen molar-refractivity contribution >= 4 is 33.3 Å². The number of rotatable bonds is 7. The molecule has 2 N–H and O–H groups in total. The number of carbonyl (C=O) groups is 1. The Morgan fingerprint density at radius 2 is 2.03 bits per heavy atom. The number of benzene rings is 1. The van der Waals surface area contributed by atoms with Gasteiger partial charge < -0.3 is 15.0 Å². The topological polar surface area (TPSA) is 105 Å². The van der Waals surface area contributed by atoms with E-state index in [1.807, 2.05) is 43.3 Å². The molecule has 1 aliphatic heterocycles. The van der Waals surface area contributed by atoms with Crippen LogP contribution >= 0.6 is 11.3 Å². The van der Waals surface area contributed by atoms with E-state index in [1.165, 1.54) is 18.4 Å². The second-order valence-corrected chi connectivity index (χ2v) is 8.07. The first-order valence-electron chi connectivity index (χ1n) is 9.65. The van der Waals surface area contributed by atoms with Crippen LogP contribution in [0.4, 0.5) is 16.1 Å². The van der Waals surface area contributed by atoms with Crippen LogP contribution in [0.3, 0.4) is 0 Å². The van der Waals surface area contributed by atoms with Crippen molar-refractivity contribution in [3.63, 3.8) is 0 Å². The van der Waals surface area contributed by atoms with Crippen molar-refractivity contribution < 1.29 is 9.53 Å². The van der Waals surface area contributed by atoms with Gasteiger partial charge in [0.25, 0.3) is 5.91 Å². The fourth-order valence-electron chi connectivity index (χ4n) is 3.39. The van der Waals surface area contributed by atoms with Gasteiger partial charge in [0.1, 0.15) is 0 Å². The van der Waals surface area contributed by atoms with E-state index < -0.39 is 6.10 Å². The summed E-state index contributed by atoms with van der Waals surface area (Å²) in [6.07, 6.45) is 2.00. The number of nitrogens with one attached hydrogen (secondary N) is 2. The van der Waals surface area contributed by atoms with Crippen molar-refractivity contribution in [3.8, 4) is 0 Å². The minimum Gasteiger partial charge on any atom is -0.367 e. The maximum absolute atomic E-state index is 12.6. The molecule has 1 aliphatic rings. The average Bonchev–Trinajstić information content (AvgIpc) is 3.39. The van der Waals surface area contributed by atoms with E-state index in [4.69, 9.17) is 4.74 Å². The van der Waals surface area contributed by atoms with E-state index in [1.54, 1.807) is 6.20 Å². The third-order valence-corrected chi connectivity index (χ3v) is 5.62. The Morgan fingerprint density at radius 3 is 2.80 bits per heavy atom. The zero-order chi connectivity index (χ0) is 20.9. The molecule has 0 unspecified atom stereocenters. The minimum absolute atomic E-state index is 0.222. The Morgan fingerprint density at radius 1 is 1.23 bits per heavy atom. The number of carbonyl (C=O) groups excluding carboxylic acids is 1. The zero-order valence-corrected chi connectivity index (χ0v) is 17.6. The summed E-state index contributed by atoms with van der Waals surface area (Å²) >= 11 is 1.30. The molecule has 156 valence electrons. The largest absolute Gasteiger partial charge is 0.367 e. The quantitative estimate of drug-likeness (QED) is 0.595. The summed E-state index contributed by atoms with van der Waals surface area (Å²) < 4.78 is 5.36. The lowest BCUT2D eigenvalue weighted by molar-refractivity contribution is -0.126. The van der Waals surface area contributed by atoms with Gasteiger partial charge in [0.2, 0.25) is 10.3 Å². The van der Waals surface area contributed by atoms with Crippen LogP contribution in [0.2, 0.25) is 0 Å². The molecule has 4 rings (SSSR count). The predicted octanol–water partition coefficient (Wildman–Crippen LogP) is 2.65. The first-order valence-corrected chi connectivity index (χ1v) is 10.5. The molecule has 2 atom stereocenters. The van der Waals surface area contributed by atoms with Gasteiger partial charge in [-0.25, -0.2) is 0 Å². The molecule has 10 heteroatoms. The van der Waals surface area contributed by atoms with Crippen molar-refractivity contribution in [1.29, 1.82) is 0 Å². The van der Waals surface area contributed by atoms with Gasteiger partial charge >= 0.3 is 0 Å². The van der Waals surface area contributed by atoms with Crippen molar-refractivity contribution in [2.75, 3.05) is 35.7 Å². The maximum atomic E-state index is 12.6. The Kier molecular flexibility index (Phi) is 6.15. The first-order chi connectivity index (χ1) is 14.6. The molecular formula is C20H23N7O2S. The molecule has 1 aromatic carbocycles. The fourth-order valence-corrected chi connectivity index (χ4v) is 4.11. The van der Waals surface area contributed by atoms with Gasteiger partial charge in [-0.1, -0.05) is 41.7 Å². The standard InChI is InChI=1S/C20H23N7O2S/c1-13-10-16(24-21-11-13)27-9-8-15(12-27)22-19-25-26-20(30-19)23-18(28)17(29-2)14-6-4-3-5-7-14/h3-7,10-11,15,17H,8-9,12H2,1-2H3,(H,22,25)(H,23,26,28)/t15-,17+/m1/s1. The third kappa shape index (κ3) is 4.71. The molecule has 3 heterocycles. The SMILES string of the molecule is CO[C@H](C(=O)Nc1nnc(N[C@@H]2CCN(c3cc(C)cnn3)C2)s1)c1ccccc1. The number of methoxy groups -OCH3 is 1. The van der Waals surface area contributed by atoms with Crippen LogP contribution in [0.15, 0.2) is 42.6 Å². The molecule has 30 heavy (non-hydrogen) atoms. The predicted molar refractivity (Wildman–Crippen MR) is 116 cm³/mol. The highest BCUT2D eigenvalue weighted by Crippen LogP contribution is 2.26. The molecule has 2 aromatic heterocycles. The summed E-state index contributed by atoms with van der Waals surface area (Å²) in [7, 11) is 1.51. The molecule has 1 saturated heterocycles. The highest BCUT2D eigenvalue weighted by molar-refractivity contribution is 7.19. The molecule has 0 aliphatic carbocycles. The Balaban J connectivity index is 1.34. The van der Waals surface area contributed by atoms with Gasteiger partial charge in [0, 0.05) is 26.2 Å². The summed E-state index contributed by atoms with van der Waals surface area (Å²) in [6.45, 7) is 3.71. The molecule has 0 saturated carbocycles. The number of ether oxygens (including phenoxy) is 1. The molecular weight excluding hydrogens is 402 g/mol. The summed E-state index contributed by atoms with van der Waals surface area (Å²) in [4.78, 5) is 14.8. The van der Waals surface area contributed by atoms with Crippen LogP contribution in [0.25, 0.3) is 0 Å². The normalized spacial score (nSPS) is 17.0. The van der Waals surface area contributed by atoms with E-state index in [0.717, 1.165) is 36.5 Å². The van der Waals surface area contributed by atoms with E-state index >= 15 is 0 Å². The first kappa shape index (κ1) is 20.2. The van der Waals surface area contributed by atoms with Gasteiger partial charge in [-0.3, -0.25) is 10.1 Å². The number of hydrogen-bond acceptors (Lipinski definition) is 9. The number of nitrogens with zero attached hydrogens (tertiary/aromatic N) is 5. The molecule has 9 nitrogen and oxygen atoms in total. The van der Waals surface area contributed by atoms with Crippen molar-refractivity contribution in [2.24, 2.45) is 0 Å². The highest BCUT2D eigenvalue weighted by atomic mass is 32.1. The smallest absolute Gasteiger partial charge is 0.259 e. The van der Waals surface area contributed by atoms with Gasteiger partial charge in [0.05, 0.1) is 6.20 Å². The maximum Gasteiger partial charge on any atom is 0.259 e. The summed E-state index contributed by atoms with van der Waals surface area (Å²) in [5, 5.41) is 23.8. The minimum atomic E-state index is -0.703. The van der Waals surface area contributed by atoms with Gasteiger partial charge in [-0.05, 0) is 30.5 Å². The van der Waals surface area contributed by atoms with Gasteiger partial charge in [0.15, 0.2) is 11.9 Å². The summed E-state index contributed by atoms with van der Waals surface area (Å²) in [5.74, 6) is 0.604. The average molecular weight is 426 g/mol. The van der Waals surface area contributed by atoms with Crippen LogP contribution in [0.5, 0.6) is 0 Å². The number of amides is 1. The second-order valence-electron chi connectivity index (χ2n) is 7.10. The van der Waals surface area contributed by atoms with E-state index in [-0.39, 0.29) is 11.9 Å². The van der Waals surface area contributed by atoms with Crippen LogP contribution in [0.1, 0.15) is 23.7 Å². The van der Waals surface area contributed by atoms with Crippen LogP contribution in [-0.4, -0.2) is 52.5 Å². The van der Waals surface area contributed by atoms with Gasteiger partial charge in [-0.15, -0.1) is 15.3 Å². The molecule has 1 amide bonds. The monoisotopic (exact) mass is 425 g/mol. The summed E-state index contributed by atoms with van der Waals surface area (Å²) in [5.41, 5.74) is 1.87. The lowest BCUT2D eigenvalue weighted by Gasteiger charge is -2.17. The van der Waals surface area contributed by atoms with Crippen molar-refractivity contribution in [2.45, 2.75) is 25.5 Å². The third-order valence-electron chi connectivity index (χ3n) is 4.85. The molecule has 1 fully saturated rings. The van der Waals surface area contributed by atoms with E-state index in [9.17, 15) is 4.79 Å².